The second-order valence-electron chi connectivity index (χ2n) is 3.76. The van der Waals surface area contributed by atoms with Crippen molar-refractivity contribution in [2.75, 3.05) is 27.9 Å². The van der Waals surface area contributed by atoms with Gasteiger partial charge in [-0.15, -0.1) is 0 Å². The van der Waals surface area contributed by atoms with Gasteiger partial charge in [0.1, 0.15) is 0 Å². The summed E-state index contributed by atoms with van der Waals surface area (Å²) in [7, 11) is 2.20. The van der Waals surface area contributed by atoms with Gasteiger partial charge in [-0.05, 0) is 29.5 Å². The van der Waals surface area contributed by atoms with Crippen LogP contribution in [-0.4, -0.2) is 47.6 Å². The molecule has 0 aliphatic rings. The molecule has 0 aliphatic heterocycles. The van der Waals surface area contributed by atoms with E-state index in [2.05, 4.69) is 12.1 Å². The van der Waals surface area contributed by atoms with E-state index < -0.39 is 8.80 Å². The van der Waals surface area contributed by atoms with E-state index in [0.717, 1.165) is 12.0 Å². The Kier molecular flexibility index (Phi) is 8.33. The van der Waals surface area contributed by atoms with Crippen LogP contribution >= 0.6 is 0 Å². The summed E-state index contributed by atoms with van der Waals surface area (Å²) in [5.74, 6) is 0. The summed E-state index contributed by atoms with van der Waals surface area (Å²) in [6, 6.07) is 10.1. The highest BCUT2D eigenvalue weighted by atomic mass is 28.4. The number of hydrogen-bond donors (Lipinski definition) is 1. The molecule has 1 unspecified atom stereocenters. The predicted octanol–water partition coefficient (Wildman–Crippen LogP) is 0.0847. The summed E-state index contributed by atoms with van der Waals surface area (Å²) in [5, 5.41) is 0. The molecule has 0 heterocycles. The Bertz CT molecular complexity index is 312. The van der Waals surface area contributed by atoms with Crippen LogP contribution in [-0.2, 0) is 13.3 Å². The largest absolute Gasteiger partial charge is 0.508 e. The maximum absolute atomic E-state index is 5.68. The molecule has 0 fully saturated rings. The summed E-state index contributed by atoms with van der Waals surface area (Å²) in [6.45, 7) is 0.574. The van der Waals surface area contributed by atoms with Gasteiger partial charge in [-0.2, -0.15) is 0 Å². The molecule has 0 saturated heterocycles. The lowest BCUT2D eigenvalue weighted by Gasteiger charge is -2.32. The molecule has 2 N–H and O–H groups in total. The van der Waals surface area contributed by atoms with Gasteiger partial charge in [0.05, 0.1) is 5.54 Å². The fourth-order valence-electron chi connectivity index (χ4n) is 2.08. The molecule has 1 aromatic carbocycles. The molecule has 0 aromatic heterocycles. The van der Waals surface area contributed by atoms with Crippen molar-refractivity contribution in [2.45, 2.75) is 12.0 Å². The van der Waals surface area contributed by atoms with Crippen molar-refractivity contribution < 1.29 is 13.3 Å². The Morgan fingerprint density at radius 2 is 1.56 bits per heavy atom. The van der Waals surface area contributed by atoms with Gasteiger partial charge in [0.15, 0.2) is 0 Å². The van der Waals surface area contributed by atoms with Crippen LogP contribution in [0.5, 0.6) is 0 Å². The van der Waals surface area contributed by atoms with E-state index in [1.807, 2.05) is 18.2 Å². The van der Waals surface area contributed by atoms with E-state index in [1.54, 1.807) is 21.3 Å². The van der Waals surface area contributed by atoms with Crippen LogP contribution in [0.1, 0.15) is 17.5 Å². The van der Waals surface area contributed by atoms with E-state index in [0.29, 0.717) is 6.54 Å². The first-order valence-corrected chi connectivity index (χ1v) is 7.44. The second kappa shape index (κ2) is 8.57. The molecule has 0 amide bonds. The Labute approximate surface area is 115 Å². The molecule has 1 atom stereocenters. The zero-order chi connectivity index (χ0) is 12.7. The lowest BCUT2D eigenvalue weighted by atomic mass is 10.1. The molecule has 0 saturated carbocycles. The van der Waals surface area contributed by atoms with Crippen LogP contribution in [0.2, 0.25) is 0 Å². The molecule has 0 bridgehead atoms. The molecule has 4 nitrogen and oxygen atoms in total. The van der Waals surface area contributed by atoms with E-state index in [9.17, 15) is 0 Å². The van der Waals surface area contributed by atoms with Crippen LogP contribution in [0.15, 0.2) is 30.3 Å². The van der Waals surface area contributed by atoms with Crippen molar-refractivity contribution in [3.05, 3.63) is 35.9 Å². The van der Waals surface area contributed by atoms with E-state index >= 15 is 0 Å². The molecule has 0 spiro atoms. The highest BCUT2D eigenvalue weighted by molar-refractivity contribution is 6.62. The standard InChI is InChI=1S/C12H21NO3Si.H4Si/c1-14-17(15-2,16-3)12(9-10-13)11-7-5-4-6-8-11;/h4-8,12H,9-10,13H2,1-3H3;1H4. The summed E-state index contributed by atoms with van der Waals surface area (Å²) in [6.07, 6.45) is 0.783. The van der Waals surface area contributed by atoms with Crippen molar-refractivity contribution in [1.82, 2.24) is 0 Å². The van der Waals surface area contributed by atoms with Crippen LogP contribution in [0.3, 0.4) is 0 Å². The smallest absolute Gasteiger partial charge is 0.376 e. The highest BCUT2D eigenvalue weighted by Crippen LogP contribution is 2.31. The van der Waals surface area contributed by atoms with E-state index in [1.165, 1.54) is 0 Å². The minimum Gasteiger partial charge on any atom is -0.376 e. The molecule has 0 aliphatic carbocycles. The van der Waals surface area contributed by atoms with Crippen LogP contribution in [0.4, 0.5) is 0 Å². The fourth-order valence-corrected chi connectivity index (χ4v) is 4.55. The Balaban J connectivity index is 0.00000289. The lowest BCUT2D eigenvalue weighted by molar-refractivity contribution is 0.111. The lowest BCUT2D eigenvalue weighted by Crippen LogP contribution is -2.50. The molecular weight excluding hydrogens is 262 g/mol. The number of hydrogen-bond acceptors (Lipinski definition) is 4. The zero-order valence-corrected chi connectivity index (χ0v) is 11.7. The van der Waals surface area contributed by atoms with Crippen LogP contribution in [0, 0.1) is 0 Å². The van der Waals surface area contributed by atoms with Crippen molar-refractivity contribution in [3.8, 4) is 0 Å². The number of benzene rings is 1. The first-order chi connectivity index (χ1) is 8.24. The first-order valence-electron chi connectivity index (χ1n) is 5.64. The van der Waals surface area contributed by atoms with E-state index in [4.69, 9.17) is 19.0 Å². The molecule has 6 heteroatoms. The minimum absolute atomic E-state index is 0. The van der Waals surface area contributed by atoms with Gasteiger partial charge in [-0.1, -0.05) is 30.3 Å². The third kappa shape index (κ3) is 3.74. The molecule has 0 radical (unpaired) electrons. The normalized spacial score (nSPS) is 12.9. The summed E-state index contributed by atoms with van der Waals surface area (Å²) in [4.78, 5) is 0. The average Bonchev–Trinajstić information content (AvgIpc) is 2.41. The Morgan fingerprint density at radius 3 is 1.94 bits per heavy atom. The molecular formula is C12H25NO3Si2. The average molecular weight is 288 g/mol. The van der Waals surface area contributed by atoms with Crippen LogP contribution in [0.25, 0.3) is 0 Å². The van der Waals surface area contributed by atoms with Crippen molar-refractivity contribution >= 4 is 19.8 Å². The van der Waals surface area contributed by atoms with Gasteiger partial charge in [-0.25, -0.2) is 0 Å². The quantitative estimate of drug-likeness (QED) is 0.722. The fraction of sp³-hybridized carbons (Fsp3) is 0.500. The summed E-state index contributed by atoms with van der Waals surface area (Å²) in [5.41, 5.74) is 6.91. The van der Waals surface area contributed by atoms with Gasteiger partial charge < -0.3 is 19.0 Å². The van der Waals surface area contributed by atoms with Crippen molar-refractivity contribution in [1.29, 1.82) is 0 Å². The van der Waals surface area contributed by atoms with Gasteiger partial charge in [0.2, 0.25) is 0 Å². The van der Waals surface area contributed by atoms with Crippen molar-refractivity contribution in [3.63, 3.8) is 0 Å². The summed E-state index contributed by atoms with van der Waals surface area (Å²) < 4.78 is 16.6. The maximum Gasteiger partial charge on any atom is 0.508 e. The highest BCUT2D eigenvalue weighted by Gasteiger charge is 2.47. The monoisotopic (exact) mass is 287 g/mol. The third-order valence-corrected chi connectivity index (χ3v) is 6.12. The third-order valence-electron chi connectivity index (χ3n) is 2.94. The number of rotatable bonds is 7. The SMILES string of the molecule is CO[Si](OC)(OC)C(CCN)c1ccccc1.[SiH4]. The van der Waals surface area contributed by atoms with Gasteiger partial charge >= 0.3 is 8.80 Å². The van der Waals surface area contributed by atoms with Crippen LogP contribution < -0.4 is 5.73 Å². The van der Waals surface area contributed by atoms with Gasteiger partial charge in [0.25, 0.3) is 0 Å². The van der Waals surface area contributed by atoms with Crippen molar-refractivity contribution in [2.24, 2.45) is 5.73 Å². The number of nitrogens with two attached hydrogens (primary N) is 1. The molecule has 18 heavy (non-hydrogen) atoms. The topological polar surface area (TPSA) is 53.7 Å². The molecule has 104 valence electrons. The first kappa shape index (κ1) is 17.5. The zero-order valence-electron chi connectivity index (χ0n) is 10.7. The molecule has 1 rings (SSSR count). The van der Waals surface area contributed by atoms with E-state index in [-0.39, 0.29) is 16.5 Å². The maximum atomic E-state index is 5.68. The molecule has 1 aromatic rings. The summed E-state index contributed by atoms with van der Waals surface area (Å²) >= 11 is 0. The second-order valence-corrected chi connectivity index (χ2v) is 6.89. The predicted molar refractivity (Wildman–Crippen MR) is 81.0 cm³/mol. The Hall–Kier alpha value is -0.506. The van der Waals surface area contributed by atoms with Gasteiger partial charge in [0, 0.05) is 21.3 Å². The minimum atomic E-state index is -2.69. The van der Waals surface area contributed by atoms with Gasteiger partial charge in [-0.3, -0.25) is 0 Å². The Morgan fingerprint density at radius 1 is 1.06 bits per heavy atom.